The Labute approximate surface area is 488 Å². The smallest absolute Gasteiger partial charge is 0.503 e. The molecule has 8 N–H and O–H groups in total. The molecule has 19 heteroatoms. The second-order valence-corrected chi connectivity index (χ2v) is 15.2. The number of hydrogen-bond acceptors (Lipinski definition) is 14. The van der Waals surface area contributed by atoms with E-state index in [4.69, 9.17) is 15.4 Å². The van der Waals surface area contributed by atoms with Crippen LogP contribution in [0.1, 0.15) is 75.4 Å². The van der Waals surface area contributed by atoms with Gasteiger partial charge in [0, 0.05) is 85.6 Å². The number of nitrogens with one attached hydrogen (secondary N) is 4. The zero-order valence-electron chi connectivity index (χ0n) is 45.1. The number of allylic oxidation sites excluding steroid dienone is 4. The molecule has 1 atom stereocenters. The van der Waals surface area contributed by atoms with Crippen molar-refractivity contribution < 1.29 is 93.2 Å². The first-order valence-electron chi connectivity index (χ1n) is 23.8. The van der Waals surface area contributed by atoms with Gasteiger partial charge in [0.25, 0.3) is 17.4 Å². The molecule has 2 amide bonds. The number of aromatic hydroxyl groups is 1. The van der Waals surface area contributed by atoms with Crippen molar-refractivity contribution in [3.8, 4) is 5.75 Å². The minimum Gasteiger partial charge on any atom is -0.503 e. The maximum absolute atomic E-state index is 12.7. The van der Waals surface area contributed by atoms with Gasteiger partial charge in [0.15, 0.2) is 11.5 Å². The van der Waals surface area contributed by atoms with Gasteiger partial charge in [-0.15, -0.1) is 32.2 Å². The summed E-state index contributed by atoms with van der Waals surface area (Å²) in [6.45, 7) is 49.5. The molecule has 1 unspecified atom stereocenters. The van der Waals surface area contributed by atoms with E-state index in [0.29, 0.717) is 71.1 Å². The van der Waals surface area contributed by atoms with E-state index in [1.807, 2.05) is 36.0 Å². The Morgan fingerprint density at radius 3 is 1.97 bits per heavy atom. The van der Waals surface area contributed by atoms with Crippen LogP contribution in [-0.4, -0.2) is 129 Å². The Bertz CT molecular complexity index is 2400. The molecule has 0 saturated carbocycles. The topological polar surface area (TPSA) is 234 Å². The molecule has 2 aliphatic rings. The van der Waals surface area contributed by atoms with Gasteiger partial charge < -0.3 is 53.3 Å². The number of carbonyl (C=O) groups excluding carboxylic acids is 3. The number of dihydropyridines is 1. The largest absolute Gasteiger partial charge is 1.00 e. The van der Waals surface area contributed by atoms with Crippen LogP contribution in [0.4, 0.5) is 0 Å². The van der Waals surface area contributed by atoms with Gasteiger partial charge in [0.05, 0.1) is 23.3 Å². The minimum atomic E-state index is -0.845. The van der Waals surface area contributed by atoms with E-state index >= 15 is 0 Å². The standard InChI is InChI=1S/C29H42N7O4.C13H19NO2.C7H7NO3.C2H6.2C2H4.Rb/c1-7-15-34(17-13-32-27(37)25-10-12-31-22(5)23(25)8-2)19-21(4)20-35(30-6)18-14-33-28(38)26-11-16-36(40)29(39)24(26)9-3;1-4-5-12-10(2)14(8-9-15)7-6-13(12)11(3)16;1-2-5-3-4-8(11)7(10)6(5)9;3*1-2;/h8-12,16,21,30-31,40H,2-5,7,13-15,17-20H2,1,6H3,(H,32,37)(H,33,38);6-7,15H,2,4-5,8-9H2,1,3H3;2-4,9,11H,1H2;1-2H3;2*1-2H2;/q-1;;;;;;+1. The molecule has 18 nitrogen and oxygen atoms in total. The molecule has 4 heterocycles. The second-order valence-electron chi connectivity index (χ2n) is 15.2. The van der Waals surface area contributed by atoms with Crippen LogP contribution >= 0.6 is 0 Å². The number of rotatable bonds is 23. The van der Waals surface area contributed by atoms with Crippen LogP contribution in [-0.2, 0) is 9.59 Å². The van der Waals surface area contributed by atoms with Crippen LogP contribution in [0, 0.1) is 12.8 Å². The molecule has 0 aromatic carbocycles. The second kappa shape index (κ2) is 41.6. The maximum Gasteiger partial charge on any atom is 1.00 e. The van der Waals surface area contributed by atoms with Gasteiger partial charge in [-0.2, -0.15) is 9.46 Å². The van der Waals surface area contributed by atoms with Gasteiger partial charge in [0.2, 0.25) is 0 Å². The maximum atomic E-state index is 12.7. The molecule has 402 valence electrons. The van der Waals surface area contributed by atoms with E-state index in [0.717, 1.165) is 61.6 Å². The first-order chi connectivity index (χ1) is 34.9. The fraction of sp³-hybridized carbons (Fsp3) is 0.345. The van der Waals surface area contributed by atoms with Crippen molar-refractivity contribution in [2.45, 2.75) is 53.9 Å². The number of β-amino-alcohol motifs (C(OH)–C–C–N with tert-alkyl or cyclic N) is 1. The summed E-state index contributed by atoms with van der Waals surface area (Å²) < 4.78 is 0.725. The van der Waals surface area contributed by atoms with E-state index in [9.17, 15) is 29.2 Å². The predicted octanol–water partition coefficient (Wildman–Crippen LogP) is 3.36. The Morgan fingerprint density at radius 1 is 0.838 bits per heavy atom. The number of hydrazine groups is 1. The zero-order chi connectivity index (χ0) is 56.2. The van der Waals surface area contributed by atoms with Gasteiger partial charge in [-0.3, -0.25) is 29.4 Å². The van der Waals surface area contributed by atoms with Crippen LogP contribution in [0.5, 0.6) is 5.75 Å². The van der Waals surface area contributed by atoms with Crippen LogP contribution in [0.25, 0.3) is 12.2 Å². The molecule has 2 aromatic rings. The number of ketones is 1. The normalized spacial score (nSPS) is 12.5. The molecule has 2 aromatic heterocycles. The van der Waals surface area contributed by atoms with E-state index in [-0.39, 0.29) is 93.5 Å². The molecule has 2 aliphatic heterocycles. The summed E-state index contributed by atoms with van der Waals surface area (Å²) in [6, 6.07) is 2.75. The Morgan fingerprint density at radius 2 is 1.43 bits per heavy atom. The third kappa shape index (κ3) is 24.1. The van der Waals surface area contributed by atoms with Crippen molar-refractivity contribution in [2.75, 3.05) is 66.0 Å². The third-order valence-electron chi connectivity index (χ3n) is 10.3. The third-order valence-corrected chi connectivity index (χ3v) is 10.3. The fourth-order valence-corrected chi connectivity index (χ4v) is 6.94. The summed E-state index contributed by atoms with van der Waals surface area (Å²) in [6.07, 6.45) is 16.3. The number of hydrogen-bond donors (Lipinski definition) is 8. The number of pyridine rings is 2. The first kappa shape index (κ1) is 72.5. The summed E-state index contributed by atoms with van der Waals surface area (Å²) in [5.74, 6) is -0.959. The predicted molar refractivity (Wildman–Crippen MR) is 296 cm³/mol. The number of nitrogens with zero attached hydrogens (tertiary/aromatic N) is 5. The molecular weight excluding hydrogens is 1020 g/mol. The summed E-state index contributed by atoms with van der Waals surface area (Å²) >= 11 is 0. The molecule has 0 aliphatic carbocycles. The molecule has 0 fully saturated rings. The number of aliphatic hydroxyl groups excluding tert-OH is 1. The van der Waals surface area contributed by atoms with Crippen LogP contribution in [0.2, 0.25) is 0 Å². The summed E-state index contributed by atoms with van der Waals surface area (Å²) in [5.41, 5.74) is 6.52. The van der Waals surface area contributed by atoms with Crippen molar-refractivity contribution in [2.24, 2.45) is 5.92 Å². The summed E-state index contributed by atoms with van der Waals surface area (Å²) in [5, 5.41) is 46.9. The minimum absolute atomic E-state index is 0. The average molecular weight is 1100 g/mol. The zero-order valence-corrected chi connectivity index (χ0v) is 50.0. The van der Waals surface area contributed by atoms with Gasteiger partial charge in [0.1, 0.15) is 0 Å². The molecule has 0 radical (unpaired) electrons. The molecule has 0 bridgehead atoms. The van der Waals surface area contributed by atoms with E-state index in [1.54, 1.807) is 32.3 Å². The van der Waals surface area contributed by atoms with E-state index < -0.39 is 22.8 Å². The molecular formula is C55H82N9O9Rb. The van der Waals surface area contributed by atoms with Crippen molar-refractivity contribution >= 4 is 29.7 Å². The van der Waals surface area contributed by atoms with Gasteiger partial charge in [-0.1, -0.05) is 85.2 Å². The van der Waals surface area contributed by atoms with Crippen molar-refractivity contribution in [3.05, 3.63) is 192 Å². The van der Waals surface area contributed by atoms with E-state index in [1.165, 1.54) is 24.3 Å². The van der Waals surface area contributed by atoms with E-state index in [2.05, 4.69) is 106 Å². The van der Waals surface area contributed by atoms with Crippen molar-refractivity contribution in [1.82, 2.24) is 45.6 Å². The number of amides is 2. The number of aliphatic hydroxyl groups is 1. The quantitative estimate of drug-likeness (QED) is 0.0345. The van der Waals surface area contributed by atoms with Crippen LogP contribution in [0.3, 0.4) is 0 Å². The first-order valence-corrected chi connectivity index (χ1v) is 23.8. The summed E-state index contributed by atoms with van der Waals surface area (Å²) in [7, 11) is 1.81. The molecule has 74 heavy (non-hydrogen) atoms. The van der Waals surface area contributed by atoms with Gasteiger partial charge >= 0.3 is 63.7 Å². The average Bonchev–Trinajstić information content (AvgIpc) is 3.39. The van der Waals surface area contributed by atoms with Crippen LogP contribution in [0.15, 0.2) is 158 Å². The monoisotopic (exact) mass is 1100 g/mol. The number of Topliss-reactive ketones (excluding diaryl/α,β-unsaturated/α-hetero) is 1. The van der Waals surface area contributed by atoms with Crippen molar-refractivity contribution in [3.63, 3.8) is 0 Å². The Balaban J connectivity index is -0.00000121. The Kier molecular flexibility index (Phi) is 40.8. The van der Waals surface area contributed by atoms with Crippen molar-refractivity contribution in [1.29, 1.82) is 0 Å². The fourth-order valence-electron chi connectivity index (χ4n) is 6.94. The van der Waals surface area contributed by atoms with Gasteiger partial charge in [-0.05, 0) is 76.3 Å². The Hall–Kier alpha value is -5.70. The number of carbonyl (C=O) groups is 3. The number of aromatic nitrogens is 2. The van der Waals surface area contributed by atoms with Crippen LogP contribution < -0.4 is 90.7 Å². The molecule has 0 saturated heterocycles. The molecule has 0 spiro atoms. The summed E-state index contributed by atoms with van der Waals surface area (Å²) in [4.78, 5) is 63.7. The van der Waals surface area contributed by atoms with Gasteiger partial charge in [-0.25, -0.2) is 5.01 Å². The molecule has 4 rings (SSSR count). The SMILES string of the molecule is C=C.C=C.C=C1C(CCC)=C(C(C)=O)C=CN1CCO.C=CC1=C(C(=O)NCCN(CCC)CC([CH2-])CN(CCNC(=O)c2ccn(O)c(=O)c2C=C)NC)C=CNC1=C.C=Cc1ccn(O)c(=O)c1O.CC.[Rb+].